The van der Waals surface area contributed by atoms with Gasteiger partial charge in [-0.3, -0.25) is 4.79 Å². The average molecular weight is 424 g/mol. The Morgan fingerprint density at radius 1 is 0.897 bits per heavy atom. The van der Waals surface area contributed by atoms with Crippen LogP contribution >= 0.6 is 23.2 Å². The van der Waals surface area contributed by atoms with Crippen molar-refractivity contribution in [2.24, 2.45) is 5.16 Å². The highest BCUT2D eigenvalue weighted by Crippen LogP contribution is 2.46. The molecule has 0 saturated heterocycles. The van der Waals surface area contributed by atoms with Crippen molar-refractivity contribution in [3.8, 4) is 5.75 Å². The molecule has 0 aliphatic carbocycles. The Labute approximate surface area is 177 Å². The average Bonchev–Trinajstić information content (AvgIpc) is 3.12. The van der Waals surface area contributed by atoms with Gasteiger partial charge < -0.3 is 9.57 Å². The highest BCUT2D eigenvalue weighted by atomic mass is 35.5. The number of carbonyl (C=O) groups excluding carboxylic acids is 1. The van der Waals surface area contributed by atoms with Gasteiger partial charge in [0.25, 0.3) is 0 Å². The van der Waals surface area contributed by atoms with Crippen LogP contribution in [-0.4, -0.2) is 23.7 Å². The maximum absolute atomic E-state index is 13.6. The van der Waals surface area contributed by atoms with Crippen LogP contribution in [0.25, 0.3) is 0 Å². The van der Waals surface area contributed by atoms with Crippen molar-refractivity contribution in [1.82, 2.24) is 0 Å². The van der Waals surface area contributed by atoms with Crippen LogP contribution in [0, 0.1) is 0 Å². The van der Waals surface area contributed by atoms with E-state index in [0.717, 1.165) is 11.1 Å². The Balaban J connectivity index is 1.65. The van der Waals surface area contributed by atoms with Gasteiger partial charge in [-0.05, 0) is 42.0 Å². The fourth-order valence-corrected chi connectivity index (χ4v) is 4.17. The van der Waals surface area contributed by atoms with Gasteiger partial charge in [0.2, 0.25) is 11.4 Å². The molecule has 0 unspecified atom stereocenters. The van der Waals surface area contributed by atoms with Crippen molar-refractivity contribution in [2.45, 2.75) is 11.5 Å². The molecule has 144 valence electrons. The zero-order chi connectivity index (χ0) is 20.0. The lowest BCUT2D eigenvalue weighted by molar-refractivity contribution is -0.0431. The number of hydrogen-bond donors (Lipinski definition) is 0. The van der Waals surface area contributed by atoms with E-state index in [0.29, 0.717) is 27.1 Å². The van der Waals surface area contributed by atoms with E-state index < -0.39 is 11.5 Å². The molecule has 0 amide bonds. The van der Waals surface area contributed by atoms with E-state index in [1.807, 2.05) is 36.4 Å². The number of ketones is 1. The summed E-state index contributed by atoms with van der Waals surface area (Å²) in [5.41, 5.74) is 1.57. The molecule has 0 aromatic heterocycles. The van der Waals surface area contributed by atoms with Gasteiger partial charge in [0.15, 0.2) is 0 Å². The Morgan fingerprint density at radius 2 is 1.55 bits per heavy atom. The van der Waals surface area contributed by atoms with Gasteiger partial charge in [0, 0.05) is 15.6 Å². The zero-order valence-corrected chi connectivity index (χ0v) is 16.7. The molecule has 3 aromatic rings. The molecule has 4 nitrogen and oxygen atoms in total. The van der Waals surface area contributed by atoms with Gasteiger partial charge in [-0.1, -0.05) is 64.8 Å². The number of ether oxygens (including phenoxy) is 1. The van der Waals surface area contributed by atoms with Crippen molar-refractivity contribution in [3.05, 3.63) is 99.5 Å². The predicted molar refractivity (Wildman–Crippen MR) is 112 cm³/mol. The van der Waals surface area contributed by atoms with Gasteiger partial charge in [0.05, 0.1) is 17.2 Å². The maximum Gasteiger partial charge on any atom is 0.245 e. The van der Waals surface area contributed by atoms with E-state index in [1.54, 1.807) is 36.4 Å². The maximum atomic E-state index is 13.6. The number of fused-ring (bicyclic) bond motifs is 1. The van der Waals surface area contributed by atoms with Gasteiger partial charge >= 0.3 is 0 Å². The Hall–Kier alpha value is -2.82. The molecule has 3 aromatic carbocycles. The first kappa shape index (κ1) is 18.2. The predicted octanol–water partition coefficient (Wildman–Crippen LogP) is 5.53. The highest BCUT2D eigenvalue weighted by Gasteiger charge is 2.58. The summed E-state index contributed by atoms with van der Waals surface area (Å²) in [4.78, 5) is 19.5. The third kappa shape index (κ3) is 2.91. The normalized spacial score (nSPS) is 22.6. The van der Waals surface area contributed by atoms with E-state index in [2.05, 4.69) is 5.16 Å². The first-order valence-corrected chi connectivity index (χ1v) is 9.88. The molecule has 0 N–H and O–H groups in total. The molecule has 0 saturated carbocycles. The van der Waals surface area contributed by atoms with Crippen molar-refractivity contribution >= 4 is 34.7 Å². The van der Waals surface area contributed by atoms with E-state index >= 15 is 0 Å². The molecule has 0 radical (unpaired) electrons. The Bertz CT molecular complexity index is 1130. The number of Topliss-reactive ketones (excluding diaryl/α,β-unsaturated/α-hetero) is 1. The van der Waals surface area contributed by atoms with Crippen LogP contribution in [0.5, 0.6) is 5.75 Å². The number of para-hydroxylation sites is 1. The van der Waals surface area contributed by atoms with Gasteiger partial charge in [0.1, 0.15) is 12.4 Å². The monoisotopic (exact) mass is 423 g/mol. The van der Waals surface area contributed by atoms with Crippen LogP contribution in [0.2, 0.25) is 10.0 Å². The molecule has 1 spiro atoms. The summed E-state index contributed by atoms with van der Waals surface area (Å²) in [6.45, 7) is 0.0662. The number of benzene rings is 3. The first-order valence-electron chi connectivity index (χ1n) is 9.12. The fourth-order valence-electron chi connectivity index (χ4n) is 3.92. The number of carbonyl (C=O) groups is 1. The second-order valence-corrected chi connectivity index (χ2v) is 7.94. The summed E-state index contributed by atoms with van der Waals surface area (Å²) in [6, 6.07) is 21.9. The minimum atomic E-state index is -1.28. The number of nitrogens with zero attached hydrogens (tertiary/aromatic N) is 1. The molecule has 2 heterocycles. The standard InChI is InChI=1S/C23H15Cl2NO3/c24-16-9-5-14(6-10-16)20-21(15-7-11-17(25)12-8-15)26-29-23(20)13-28-19-4-2-1-3-18(19)22(23)27/h1-12,20H,13H2/t20-,23-/m0/s1. The Kier molecular flexibility index (Phi) is 4.34. The molecule has 0 bridgehead atoms. The van der Waals surface area contributed by atoms with Gasteiger partial charge in [-0.2, -0.15) is 0 Å². The lowest BCUT2D eigenvalue weighted by Gasteiger charge is -2.35. The van der Waals surface area contributed by atoms with E-state index in [-0.39, 0.29) is 12.4 Å². The molecular weight excluding hydrogens is 409 g/mol. The summed E-state index contributed by atoms with van der Waals surface area (Å²) in [7, 11) is 0. The number of rotatable bonds is 2. The molecular formula is C23H15Cl2NO3. The molecule has 2 aliphatic heterocycles. The quantitative estimate of drug-likeness (QED) is 0.544. The van der Waals surface area contributed by atoms with Crippen LogP contribution < -0.4 is 4.74 Å². The third-order valence-electron chi connectivity index (χ3n) is 5.35. The largest absolute Gasteiger partial charge is 0.488 e. The molecule has 5 rings (SSSR count). The lowest BCUT2D eigenvalue weighted by atomic mass is 9.73. The zero-order valence-electron chi connectivity index (χ0n) is 15.1. The van der Waals surface area contributed by atoms with Crippen LogP contribution in [-0.2, 0) is 4.84 Å². The fraction of sp³-hybridized carbons (Fsp3) is 0.130. The van der Waals surface area contributed by atoms with Crippen LogP contribution in [0.1, 0.15) is 27.4 Å². The number of oxime groups is 1. The van der Waals surface area contributed by atoms with Crippen LogP contribution in [0.4, 0.5) is 0 Å². The third-order valence-corrected chi connectivity index (χ3v) is 5.85. The molecule has 6 heteroatoms. The van der Waals surface area contributed by atoms with E-state index in [1.165, 1.54) is 0 Å². The van der Waals surface area contributed by atoms with E-state index in [4.69, 9.17) is 32.8 Å². The van der Waals surface area contributed by atoms with Crippen molar-refractivity contribution in [3.63, 3.8) is 0 Å². The second kappa shape index (κ2) is 6.90. The summed E-state index contributed by atoms with van der Waals surface area (Å²) in [5, 5.41) is 5.59. The topological polar surface area (TPSA) is 47.9 Å². The van der Waals surface area contributed by atoms with Gasteiger partial charge in [-0.15, -0.1) is 0 Å². The first-order chi connectivity index (χ1) is 14.1. The minimum Gasteiger partial charge on any atom is -0.488 e. The van der Waals surface area contributed by atoms with Crippen molar-refractivity contribution < 1.29 is 14.4 Å². The molecule has 29 heavy (non-hydrogen) atoms. The van der Waals surface area contributed by atoms with Gasteiger partial charge in [-0.25, -0.2) is 0 Å². The summed E-state index contributed by atoms with van der Waals surface area (Å²) >= 11 is 12.1. The SMILES string of the molecule is O=C1c2ccccc2OC[C@@]12ON=C(c1ccc(Cl)cc1)[C@@H]2c1ccc(Cl)cc1. The van der Waals surface area contributed by atoms with Crippen LogP contribution in [0.15, 0.2) is 78.0 Å². The lowest BCUT2D eigenvalue weighted by Crippen LogP contribution is -2.52. The van der Waals surface area contributed by atoms with Crippen molar-refractivity contribution in [2.75, 3.05) is 6.61 Å². The number of hydrogen-bond acceptors (Lipinski definition) is 4. The smallest absolute Gasteiger partial charge is 0.245 e. The summed E-state index contributed by atoms with van der Waals surface area (Å²) < 4.78 is 5.94. The summed E-state index contributed by atoms with van der Waals surface area (Å²) in [5.74, 6) is -0.0460. The number of halogens is 2. The van der Waals surface area contributed by atoms with Crippen LogP contribution in [0.3, 0.4) is 0 Å². The summed E-state index contributed by atoms with van der Waals surface area (Å²) in [6.07, 6.45) is 0. The molecule has 2 aliphatic rings. The van der Waals surface area contributed by atoms with Crippen molar-refractivity contribution in [1.29, 1.82) is 0 Å². The molecule has 0 fully saturated rings. The second-order valence-electron chi connectivity index (χ2n) is 7.06. The molecule has 2 atom stereocenters. The van der Waals surface area contributed by atoms with E-state index in [9.17, 15) is 4.79 Å². The minimum absolute atomic E-state index is 0.0662. The highest BCUT2D eigenvalue weighted by molar-refractivity contribution is 6.31. The Morgan fingerprint density at radius 3 is 2.28 bits per heavy atom.